The molecule has 0 aliphatic carbocycles. The third-order valence-corrected chi connectivity index (χ3v) is 2.38. The second-order valence-corrected chi connectivity index (χ2v) is 2.96. The molecular weight excluding hydrogens is 151 g/mol. The van der Waals surface area contributed by atoms with Gasteiger partial charge in [-0.15, -0.1) is 13.1 Å². The van der Waals surface area contributed by atoms with Crippen molar-refractivity contribution in [3.8, 4) is 0 Å². The van der Waals surface area contributed by atoms with Crippen molar-refractivity contribution >= 4 is 0 Å². The number of piperazine rings is 1. The Balaban J connectivity index is 0.000000500. The number of hydrogen-bond donors (Lipinski definition) is 0. The monoisotopic (exact) mass is 164 g/mol. The summed E-state index contributed by atoms with van der Waals surface area (Å²) in [5.74, 6) is 0. The van der Waals surface area contributed by atoms with E-state index < -0.39 is 0 Å². The Labute approximate surface area is 105 Å². The molecule has 0 aromatic heterocycles. The maximum atomic E-state index is 4.38. The summed E-state index contributed by atoms with van der Waals surface area (Å²) >= 11 is 0. The smallest absolute Gasteiger partial charge is 0.660 e. The second kappa shape index (κ2) is 4.55. The minimum atomic E-state index is 0. The van der Waals surface area contributed by atoms with Crippen LogP contribution in [-0.4, -0.2) is 37.1 Å². The molecule has 2 saturated heterocycles. The van der Waals surface area contributed by atoms with Gasteiger partial charge in [0.1, 0.15) is 0 Å². The van der Waals surface area contributed by atoms with Gasteiger partial charge in [0.25, 0.3) is 0 Å². The largest absolute Gasteiger partial charge is 1.00 e. The molecule has 52 valence electrons. The van der Waals surface area contributed by atoms with Crippen molar-refractivity contribution in [2.45, 2.75) is 18.9 Å². The molecule has 2 fully saturated rings. The van der Waals surface area contributed by atoms with E-state index in [-0.39, 0.29) is 51.4 Å². The Morgan fingerprint density at radius 3 is 3.00 bits per heavy atom. The Morgan fingerprint density at radius 2 is 2.20 bits per heavy atom. The van der Waals surface area contributed by atoms with Gasteiger partial charge in [0.15, 0.2) is 0 Å². The molecule has 0 bridgehead atoms. The van der Waals surface area contributed by atoms with Crippen molar-refractivity contribution < 1.29 is 51.4 Å². The predicted octanol–water partition coefficient (Wildman–Crippen LogP) is -2.16. The van der Waals surface area contributed by atoms with Crippen LogP contribution in [0.2, 0.25) is 0 Å². The van der Waals surface area contributed by atoms with Gasteiger partial charge in [0.2, 0.25) is 0 Å². The molecule has 3 heteroatoms. The Kier molecular flexibility index (Phi) is 4.39. The maximum Gasteiger partial charge on any atom is 1.00 e. The van der Waals surface area contributed by atoms with E-state index in [0.717, 1.165) is 19.1 Å². The molecule has 0 spiro atoms. The van der Waals surface area contributed by atoms with Crippen molar-refractivity contribution in [3.63, 3.8) is 0 Å². The van der Waals surface area contributed by atoms with Crippen LogP contribution < -0.4 is 51.4 Å². The molecule has 2 nitrogen and oxygen atoms in total. The molecule has 0 saturated carbocycles. The summed E-state index contributed by atoms with van der Waals surface area (Å²) in [6.45, 7) is 4.75. The molecule has 2 heterocycles. The fourth-order valence-corrected chi connectivity index (χ4v) is 1.84. The minimum absolute atomic E-state index is 0. The number of nitrogens with zero attached hydrogens (tertiary/aromatic N) is 2. The quantitative estimate of drug-likeness (QED) is 0.373. The Morgan fingerprint density at radius 1 is 1.30 bits per heavy atom. The van der Waals surface area contributed by atoms with Crippen LogP contribution in [0.5, 0.6) is 0 Å². The molecule has 0 aromatic carbocycles. The third-order valence-electron chi connectivity index (χ3n) is 2.38. The van der Waals surface area contributed by atoms with Crippen LogP contribution in [0.25, 0.3) is 5.32 Å². The fraction of sp³-hybridized carbons (Fsp3) is 1.00. The molecule has 2 rings (SSSR count). The van der Waals surface area contributed by atoms with E-state index >= 15 is 0 Å². The molecule has 10 heavy (non-hydrogen) atoms. The summed E-state index contributed by atoms with van der Waals surface area (Å²) in [7, 11) is 0. The van der Waals surface area contributed by atoms with Gasteiger partial charge in [-0.25, -0.2) is 0 Å². The van der Waals surface area contributed by atoms with E-state index in [4.69, 9.17) is 0 Å². The molecule has 0 amide bonds. The first-order chi connectivity index (χ1) is 4.47. The summed E-state index contributed by atoms with van der Waals surface area (Å²) in [6.07, 6.45) is 2.80. The van der Waals surface area contributed by atoms with Crippen LogP contribution in [0.1, 0.15) is 12.8 Å². The van der Waals surface area contributed by atoms with Crippen molar-refractivity contribution in [1.29, 1.82) is 0 Å². The van der Waals surface area contributed by atoms with Gasteiger partial charge >= 0.3 is 51.4 Å². The van der Waals surface area contributed by atoms with Crippen molar-refractivity contribution in [1.82, 2.24) is 4.90 Å². The summed E-state index contributed by atoms with van der Waals surface area (Å²) in [5, 5.41) is 4.38. The van der Waals surface area contributed by atoms with Crippen LogP contribution in [0.4, 0.5) is 0 Å². The van der Waals surface area contributed by atoms with Gasteiger partial charge in [-0.3, -0.25) is 0 Å². The van der Waals surface area contributed by atoms with Crippen LogP contribution in [-0.2, 0) is 0 Å². The average Bonchev–Trinajstić information content (AvgIpc) is 2.33. The Hall–Kier alpha value is 1.56. The van der Waals surface area contributed by atoms with Crippen LogP contribution in [0.3, 0.4) is 0 Å². The summed E-state index contributed by atoms with van der Waals surface area (Å²) in [5.41, 5.74) is 0. The molecule has 0 aromatic rings. The van der Waals surface area contributed by atoms with Crippen LogP contribution in [0, 0.1) is 0 Å². The summed E-state index contributed by atoms with van der Waals surface area (Å²) in [4.78, 5) is 2.58. The molecule has 2 aliphatic heterocycles. The van der Waals surface area contributed by atoms with E-state index in [0.29, 0.717) is 0 Å². The van der Waals surface area contributed by atoms with E-state index in [1.807, 2.05) is 0 Å². The first-order valence-electron chi connectivity index (χ1n) is 3.84. The molecule has 1 unspecified atom stereocenters. The van der Waals surface area contributed by atoms with E-state index in [1.54, 1.807) is 0 Å². The molecule has 1 atom stereocenters. The van der Waals surface area contributed by atoms with Gasteiger partial charge in [0.05, 0.1) is 0 Å². The topological polar surface area (TPSA) is 17.3 Å². The minimum Gasteiger partial charge on any atom is -0.660 e. The molecule has 0 radical (unpaired) electrons. The van der Waals surface area contributed by atoms with Crippen LogP contribution in [0.15, 0.2) is 0 Å². The normalized spacial score (nSPS) is 33.0. The fourth-order valence-electron chi connectivity index (χ4n) is 1.84. The summed E-state index contributed by atoms with van der Waals surface area (Å²) < 4.78 is 0. The SMILES string of the molecule is C1CC2C[N-]CCN2C1.[K+]. The van der Waals surface area contributed by atoms with Crippen molar-refractivity contribution in [3.05, 3.63) is 5.32 Å². The van der Waals surface area contributed by atoms with Crippen molar-refractivity contribution in [2.75, 3.05) is 26.2 Å². The number of hydrogen-bond acceptors (Lipinski definition) is 1. The zero-order valence-corrected chi connectivity index (χ0v) is 9.84. The number of fused-ring (bicyclic) bond motifs is 1. The molecule has 0 N–H and O–H groups in total. The first-order valence-corrected chi connectivity index (χ1v) is 3.84. The molecular formula is C7H13KN2. The van der Waals surface area contributed by atoms with Gasteiger partial charge in [-0.1, -0.05) is 0 Å². The average molecular weight is 164 g/mol. The number of rotatable bonds is 0. The van der Waals surface area contributed by atoms with Gasteiger partial charge in [0, 0.05) is 0 Å². The maximum absolute atomic E-state index is 4.38. The van der Waals surface area contributed by atoms with Crippen molar-refractivity contribution in [2.24, 2.45) is 0 Å². The predicted molar refractivity (Wildman–Crippen MR) is 37.7 cm³/mol. The van der Waals surface area contributed by atoms with E-state index in [2.05, 4.69) is 10.2 Å². The zero-order chi connectivity index (χ0) is 6.10. The first kappa shape index (κ1) is 9.64. The van der Waals surface area contributed by atoms with Gasteiger partial charge in [-0.2, -0.15) is 0 Å². The van der Waals surface area contributed by atoms with E-state index in [1.165, 1.54) is 25.9 Å². The van der Waals surface area contributed by atoms with Gasteiger partial charge in [-0.05, 0) is 32.0 Å². The second-order valence-electron chi connectivity index (χ2n) is 2.96. The van der Waals surface area contributed by atoms with Crippen LogP contribution >= 0.6 is 0 Å². The standard InChI is InChI=1S/C7H13N2.K/c1-2-7-6-8-3-5-9(7)4-1;/h7H,1-6H2;/q-1;+1. The summed E-state index contributed by atoms with van der Waals surface area (Å²) in [6, 6.07) is 0.832. The third kappa shape index (κ3) is 2.03. The van der Waals surface area contributed by atoms with Gasteiger partial charge < -0.3 is 10.2 Å². The molecule has 2 aliphatic rings. The Bertz CT molecular complexity index is 95.8. The van der Waals surface area contributed by atoms with E-state index in [9.17, 15) is 0 Å². The zero-order valence-electron chi connectivity index (χ0n) is 6.71.